The third-order valence-corrected chi connectivity index (χ3v) is 5.87. The lowest BCUT2D eigenvalue weighted by Gasteiger charge is -2.13. The van der Waals surface area contributed by atoms with Gasteiger partial charge >= 0.3 is 0 Å². The largest absolute Gasteiger partial charge is 0.497 e. The lowest BCUT2D eigenvalue weighted by molar-refractivity contribution is 0.415. The van der Waals surface area contributed by atoms with E-state index < -0.39 is 0 Å². The lowest BCUT2D eigenvalue weighted by atomic mass is 10.1. The fourth-order valence-corrected chi connectivity index (χ4v) is 4.39. The van der Waals surface area contributed by atoms with Gasteiger partial charge in [0.15, 0.2) is 11.0 Å². The normalized spacial score (nSPS) is 11.3. The molecule has 0 saturated carbocycles. The summed E-state index contributed by atoms with van der Waals surface area (Å²) in [5.74, 6) is 3.11. The molecule has 0 aliphatic heterocycles. The Hall–Kier alpha value is -2.79. The minimum atomic E-state index is 0.500. The van der Waals surface area contributed by atoms with Gasteiger partial charge in [-0.2, -0.15) is 0 Å². The SMILES string of the molecule is COc1ccc(-c2nnc(SCc3cccc4ccccc34)n2CC(C)C)cc1. The third-order valence-electron chi connectivity index (χ3n) is 4.85. The first-order valence-electron chi connectivity index (χ1n) is 9.83. The van der Waals surface area contributed by atoms with E-state index in [1.165, 1.54) is 16.3 Å². The van der Waals surface area contributed by atoms with Gasteiger partial charge in [0.2, 0.25) is 0 Å². The van der Waals surface area contributed by atoms with E-state index in [-0.39, 0.29) is 0 Å². The van der Waals surface area contributed by atoms with Gasteiger partial charge in [0.1, 0.15) is 5.75 Å². The van der Waals surface area contributed by atoms with Crippen molar-refractivity contribution in [3.63, 3.8) is 0 Å². The van der Waals surface area contributed by atoms with E-state index in [2.05, 4.69) is 71.1 Å². The zero-order valence-corrected chi connectivity index (χ0v) is 17.8. The molecule has 0 aliphatic carbocycles. The molecule has 148 valence electrons. The van der Waals surface area contributed by atoms with Gasteiger partial charge in [0.05, 0.1) is 7.11 Å². The van der Waals surface area contributed by atoms with Gasteiger partial charge in [0, 0.05) is 17.9 Å². The zero-order chi connectivity index (χ0) is 20.2. The Morgan fingerprint density at radius 1 is 0.931 bits per heavy atom. The van der Waals surface area contributed by atoms with E-state index in [0.29, 0.717) is 5.92 Å². The van der Waals surface area contributed by atoms with Gasteiger partial charge in [-0.15, -0.1) is 10.2 Å². The molecule has 1 heterocycles. The van der Waals surface area contributed by atoms with Crippen LogP contribution in [0.4, 0.5) is 0 Å². The van der Waals surface area contributed by atoms with Crippen molar-refractivity contribution in [2.45, 2.75) is 31.3 Å². The molecule has 0 fully saturated rings. The van der Waals surface area contributed by atoms with Crippen molar-refractivity contribution in [1.29, 1.82) is 0 Å². The highest BCUT2D eigenvalue weighted by atomic mass is 32.2. The first-order chi connectivity index (χ1) is 14.2. The summed E-state index contributed by atoms with van der Waals surface area (Å²) >= 11 is 1.74. The predicted octanol–water partition coefficient (Wildman–Crippen LogP) is 6.06. The van der Waals surface area contributed by atoms with Gasteiger partial charge in [-0.05, 0) is 46.5 Å². The van der Waals surface area contributed by atoms with E-state index in [4.69, 9.17) is 4.74 Å². The van der Waals surface area contributed by atoms with Gasteiger partial charge < -0.3 is 9.30 Å². The first-order valence-corrected chi connectivity index (χ1v) is 10.8. The van der Waals surface area contributed by atoms with Gasteiger partial charge in [0.25, 0.3) is 0 Å². The zero-order valence-electron chi connectivity index (χ0n) is 17.0. The summed E-state index contributed by atoms with van der Waals surface area (Å²) in [5, 5.41) is 12.6. The van der Waals surface area contributed by atoms with Crippen molar-refractivity contribution < 1.29 is 4.74 Å². The number of fused-ring (bicyclic) bond motifs is 1. The Balaban J connectivity index is 1.63. The molecular formula is C24H25N3OS. The fourth-order valence-electron chi connectivity index (χ4n) is 3.44. The first kappa shape index (κ1) is 19.5. The summed E-state index contributed by atoms with van der Waals surface area (Å²) in [6, 6.07) is 23.0. The molecule has 3 aromatic carbocycles. The van der Waals surface area contributed by atoms with E-state index in [9.17, 15) is 0 Å². The second-order valence-electron chi connectivity index (χ2n) is 7.47. The van der Waals surface area contributed by atoms with Crippen molar-refractivity contribution in [3.05, 3.63) is 72.3 Å². The standard InChI is InChI=1S/C24H25N3OS/c1-17(2)15-27-23(19-11-13-21(28-3)14-12-19)25-26-24(27)29-16-20-9-6-8-18-7-4-5-10-22(18)20/h4-14,17H,15-16H2,1-3H3. The number of rotatable bonds is 7. The van der Waals surface area contributed by atoms with Crippen molar-refractivity contribution >= 4 is 22.5 Å². The van der Waals surface area contributed by atoms with E-state index in [0.717, 1.165) is 34.6 Å². The van der Waals surface area contributed by atoms with Crippen LogP contribution in [-0.2, 0) is 12.3 Å². The van der Waals surface area contributed by atoms with Crippen molar-refractivity contribution in [2.75, 3.05) is 7.11 Å². The third kappa shape index (κ3) is 4.30. The number of nitrogens with zero attached hydrogens (tertiary/aromatic N) is 3. The Morgan fingerprint density at radius 2 is 1.69 bits per heavy atom. The molecule has 0 radical (unpaired) electrons. The number of hydrogen-bond acceptors (Lipinski definition) is 4. The van der Waals surface area contributed by atoms with E-state index in [1.807, 2.05) is 24.3 Å². The Bertz CT molecular complexity index is 1100. The molecule has 0 saturated heterocycles. The van der Waals surface area contributed by atoms with Crippen LogP contribution in [-0.4, -0.2) is 21.9 Å². The minimum absolute atomic E-state index is 0.500. The Labute approximate surface area is 175 Å². The molecule has 4 aromatic rings. The summed E-state index contributed by atoms with van der Waals surface area (Å²) in [4.78, 5) is 0. The van der Waals surface area contributed by atoms with E-state index in [1.54, 1.807) is 18.9 Å². The highest BCUT2D eigenvalue weighted by molar-refractivity contribution is 7.98. The molecular weight excluding hydrogens is 378 g/mol. The average Bonchev–Trinajstić information content (AvgIpc) is 3.14. The maximum absolute atomic E-state index is 5.28. The van der Waals surface area contributed by atoms with Crippen LogP contribution in [0, 0.1) is 5.92 Å². The Kier molecular flexibility index (Phi) is 5.86. The average molecular weight is 404 g/mol. The van der Waals surface area contributed by atoms with Gasteiger partial charge in [-0.25, -0.2) is 0 Å². The number of ether oxygens (including phenoxy) is 1. The summed E-state index contributed by atoms with van der Waals surface area (Å²) in [6.07, 6.45) is 0. The summed E-state index contributed by atoms with van der Waals surface area (Å²) < 4.78 is 7.52. The van der Waals surface area contributed by atoms with Crippen molar-refractivity contribution in [3.8, 4) is 17.1 Å². The molecule has 0 bridgehead atoms. The molecule has 4 nitrogen and oxygen atoms in total. The second kappa shape index (κ2) is 8.70. The maximum Gasteiger partial charge on any atom is 0.191 e. The number of aromatic nitrogens is 3. The van der Waals surface area contributed by atoms with Crippen LogP contribution in [0.15, 0.2) is 71.9 Å². The smallest absolute Gasteiger partial charge is 0.191 e. The van der Waals surface area contributed by atoms with Gasteiger partial charge in [-0.1, -0.05) is 68.1 Å². The maximum atomic E-state index is 5.28. The van der Waals surface area contributed by atoms with Crippen molar-refractivity contribution in [1.82, 2.24) is 14.8 Å². The minimum Gasteiger partial charge on any atom is -0.497 e. The predicted molar refractivity (Wildman–Crippen MR) is 120 cm³/mol. The number of thioether (sulfide) groups is 1. The quantitative estimate of drug-likeness (QED) is 0.352. The summed E-state index contributed by atoms with van der Waals surface area (Å²) in [7, 11) is 1.68. The van der Waals surface area contributed by atoms with Crippen LogP contribution < -0.4 is 4.74 Å². The van der Waals surface area contributed by atoms with Crippen molar-refractivity contribution in [2.24, 2.45) is 5.92 Å². The summed E-state index contributed by atoms with van der Waals surface area (Å²) in [5.41, 5.74) is 2.37. The molecule has 0 unspecified atom stereocenters. The molecule has 0 amide bonds. The number of hydrogen-bond donors (Lipinski definition) is 0. The topological polar surface area (TPSA) is 39.9 Å². The second-order valence-corrected chi connectivity index (χ2v) is 8.41. The lowest BCUT2D eigenvalue weighted by Crippen LogP contribution is -2.08. The van der Waals surface area contributed by atoms with Gasteiger partial charge in [-0.3, -0.25) is 0 Å². The fraction of sp³-hybridized carbons (Fsp3) is 0.250. The van der Waals surface area contributed by atoms with Crippen LogP contribution in [0.25, 0.3) is 22.2 Å². The highest BCUT2D eigenvalue weighted by Crippen LogP contribution is 2.30. The van der Waals surface area contributed by atoms with E-state index >= 15 is 0 Å². The highest BCUT2D eigenvalue weighted by Gasteiger charge is 2.16. The summed E-state index contributed by atoms with van der Waals surface area (Å²) in [6.45, 7) is 5.32. The molecule has 0 aliphatic rings. The molecule has 0 spiro atoms. The molecule has 4 rings (SSSR count). The van der Waals surface area contributed by atoms with Crippen LogP contribution in [0.1, 0.15) is 19.4 Å². The van der Waals surface area contributed by atoms with Crippen LogP contribution in [0.5, 0.6) is 5.75 Å². The molecule has 0 N–H and O–H groups in total. The van der Waals surface area contributed by atoms with Crippen LogP contribution in [0.2, 0.25) is 0 Å². The number of benzene rings is 3. The molecule has 5 heteroatoms. The number of methoxy groups -OCH3 is 1. The van der Waals surface area contributed by atoms with Crippen LogP contribution >= 0.6 is 11.8 Å². The van der Waals surface area contributed by atoms with Crippen LogP contribution in [0.3, 0.4) is 0 Å². The Morgan fingerprint density at radius 3 is 2.45 bits per heavy atom. The molecule has 1 aromatic heterocycles. The monoisotopic (exact) mass is 403 g/mol. The molecule has 29 heavy (non-hydrogen) atoms. The molecule has 0 atom stereocenters.